The highest BCUT2D eigenvalue weighted by molar-refractivity contribution is 6.30. The highest BCUT2D eigenvalue weighted by Gasteiger charge is 2.32. The summed E-state index contributed by atoms with van der Waals surface area (Å²) < 4.78 is 0. The summed E-state index contributed by atoms with van der Waals surface area (Å²) in [5.74, 6) is -0.806. The summed E-state index contributed by atoms with van der Waals surface area (Å²) in [4.78, 5) is 11.0. The summed E-state index contributed by atoms with van der Waals surface area (Å²) in [5.41, 5.74) is 2.01. The molecule has 2 nitrogen and oxygen atoms in total. The van der Waals surface area contributed by atoms with Crippen LogP contribution in [0.3, 0.4) is 0 Å². The molecule has 0 heterocycles. The number of hydrogen-bond acceptors (Lipinski definition) is 1. The van der Waals surface area contributed by atoms with Gasteiger partial charge in [0.05, 0.1) is 5.92 Å². The molecule has 0 spiro atoms. The molecule has 0 saturated heterocycles. The second-order valence-electron chi connectivity index (χ2n) is 3.80. The molecule has 1 N–H and O–H groups in total. The SMILES string of the molecule is CC1CC(C(=O)O)c2cc(Cl)ccc21. The number of fused-ring (bicyclic) bond motifs is 1. The van der Waals surface area contributed by atoms with E-state index < -0.39 is 5.97 Å². The summed E-state index contributed by atoms with van der Waals surface area (Å²) in [6.45, 7) is 2.05. The van der Waals surface area contributed by atoms with Crippen LogP contribution in [0.15, 0.2) is 18.2 Å². The summed E-state index contributed by atoms with van der Waals surface area (Å²) in [7, 11) is 0. The van der Waals surface area contributed by atoms with Crippen LogP contribution < -0.4 is 0 Å². The molecule has 0 amide bonds. The molecule has 1 aromatic rings. The van der Waals surface area contributed by atoms with Gasteiger partial charge in [-0.2, -0.15) is 0 Å². The molecule has 14 heavy (non-hydrogen) atoms. The van der Waals surface area contributed by atoms with Crippen LogP contribution in [0.1, 0.15) is 36.3 Å². The van der Waals surface area contributed by atoms with Gasteiger partial charge in [0.25, 0.3) is 0 Å². The highest BCUT2D eigenvalue weighted by Crippen LogP contribution is 2.42. The Balaban J connectivity index is 2.51. The fraction of sp³-hybridized carbons (Fsp3) is 0.364. The van der Waals surface area contributed by atoms with Crippen molar-refractivity contribution in [3.8, 4) is 0 Å². The average Bonchev–Trinajstić information content (AvgIpc) is 2.43. The monoisotopic (exact) mass is 210 g/mol. The van der Waals surface area contributed by atoms with Crippen molar-refractivity contribution in [1.29, 1.82) is 0 Å². The van der Waals surface area contributed by atoms with Crippen LogP contribution in [0.2, 0.25) is 5.02 Å². The van der Waals surface area contributed by atoms with Crippen molar-refractivity contribution in [1.82, 2.24) is 0 Å². The average molecular weight is 211 g/mol. The largest absolute Gasteiger partial charge is 0.481 e. The Morgan fingerprint density at radius 1 is 1.50 bits per heavy atom. The maximum atomic E-state index is 11.0. The molecule has 0 fully saturated rings. The molecule has 0 aliphatic heterocycles. The normalized spacial score (nSPS) is 24.7. The van der Waals surface area contributed by atoms with Gasteiger partial charge in [-0.25, -0.2) is 0 Å². The van der Waals surface area contributed by atoms with Gasteiger partial charge in [0.2, 0.25) is 0 Å². The molecule has 2 unspecified atom stereocenters. The zero-order valence-electron chi connectivity index (χ0n) is 7.83. The highest BCUT2D eigenvalue weighted by atomic mass is 35.5. The first-order valence-corrected chi connectivity index (χ1v) is 4.99. The predicted octanol–water partition coefficient (Wildman–Crippen LogP) is 3.02. The molecule has 0 bridgehead atoms. The van der Waals surface area contributed by atoms with E-state index >= 15 is 0 Å². The molecule has 0 saturated carbocycles. The smallest absolute Gasteiger partial charge is 0.311 e. The number of carbonyl (C=O) groups is 1. The zero-order chi connectivity index (χ0) is 10.3. The van der Waals surface area contributed by atoms with Gasteiger partial charge < -0.3 is 5.11 Å². The van der Waals surface area contributed by atoms with Crippen LogP contribution in [0.25, 0.3) is 0 Å². The summed E-state index contributed by atoms with van der Waals surface area (Å²) in [6.07, 6.45) is 0.686. The van der Waals surface area contributed by atoms with Gasteiger partial charge >= 0.3 is 5.97 Å². The first-order valence-electron chi connectivity index (χ1n) is 4.61. The first-order chi connectivity index (χ1) is 6.59. The lowest BCUT2D eigenvalue weighted by Crippen LogP contribution is -2.07. The number of carboxylic acids is 1. The fourth-order valence-corrected chi connectivity index (χ4v) is 2.32. The number of halogens is 1. The van der Waals surface area contributed by atoms with Gasteiger partial charge in [-0.05, 0) is 35.6 Å². The second kappa shape index (κ2) is 3.28. The Labute approximate surface area is 87.5 Å². The fourth-order valence-electron chi connectivity index (χ4n) is 2.14. The van der Waals surface area contributed by atoms with Crippen LogP contribution in [-0.2, 0) is 4.79 Å². The van der Waals surface area contributed by atoms with E-state index in [9.17, 15) is 4.79 Å². The van der Waals surface area contributed by atoms with Crippen molar-refractivity contribution in [3.63, 3.8) is 0 Å². The molecular weight excluding hydrogens is 200 g/mol. The predicted molar refractivity (Wildman–Crippen MR) is 54.9 cm³/mol. The van der Waals surface area contributed by atoms with Crippen molar-refractivity contribution in [2.75, 3.05) is 0 Å². The Kier molecular flexibility index (Phi) is 2.23. The zero-order valence-corrected chi connectivity index (χ0v) is 8.58. The third-order valence-electron chi connectivity index (χ3n) is 2.84. The van der Waals surface area contributed by atoms with E-state index in [2.05, 4.69) is 6.92 Å². The van der Waals surface area contributed by atoms with Crippen LogP contribution in [0.5, 0.6) is 0 Å². The molecule has 74 valence electrons. The third kappa shape index (κ3) is 1.40. The van der Waals surface area contributed by atoms with E-state index in [1.54, 1.807) is 6.07 Å². The number of hydrogen-bond donors (Lipinski definition) is 1. The van der Waals surface area contributed by atoms with Crippen LogP contribution in [-0.4, -0.2) is 11.1 Å². The van der Waals surface area contributed by atoms with E-state index in [1.165, 1.54) is 0 Å². The molecule has 0 aromatic heterocycles. The van der Waals surface area contributed by atoms with E-state index in [-0.39, 0.29) is 5.92 Å². The standard InChI is InChI=1S/C11H11ClO2/c1-6-4-10(11(13)14)9-5-7(12)2-3-8(6)9/h2-3,5-6,10H,4H2,1H3,(H,13,14). The topological polar surface area (TPSA) is 37.3 Å². The lowest BCUT2D eigenvalue weighted by Gasteiger charge is -2.05. The maximum absolute atomic E-state index is 11.0. The molecule has 2 atom stereocenters. The minimum atomic E-state index is -0.752. The molecule has 1 aromatic carbocycles. The van der Waals surface area contributed by atoms with Gasteiger partial charge in [-0.1, -0.05) is 24.6 Å². The van der Waals surface area contributed by atoms with Crippen molar-refractivity contribution < 1.29 is 9.90 Å². The summed E-state index contributed by atoms with van der Waals surface area (Å²) >= 11 is 5.85. The lowest BCUT2D eigenvalue weighted by molar-refractivity contribution is -0.138. The molecule has 2 rings (SSSR count). The van der Waals surface area contributed by atoms with E-state index in [0.717, 1.165) is 11.1 Å². The molecule has 3 heteroatoms. The Morgan fingerprint density at radius 3 is 2.86 bits per heavy atom. The first kappa shape index (κ1) is 9.53. The Morgan fingerprint density at radius 2 is 2.21 bits per heavy atom. The molecule has 1 aliphatic rings. The summed E-state index contributed by atoms with van der Waals surface area (Å²) in [6, 6.07) is 5.53. The van der Waals surface area contributed by atoms with Gasteiger partial charge in [-0.3, -0.25) is 4.79 Å². The maximum Gasteiger partial charge on any atom is 0.311 e. The van der Waals surface area contributed by atoms with Crippen LogP contribution in [0, 0.1) is 0 Å². The quantitative estimate of drug-likeness (QED) is 0.774. The molecule has 0 radical (unpaired) electrons. The number of aliphatic carboxylic acids is 1. The van der Waals surface area contributed by atoms with Crippen molar-refractivity contribution in [2.24, 2.45) is 0 Å². The van der Waals surface area contributed by atoms with Gasteiger partial charge in [0, 0.05) is 5.02 Å². The molecular formula is C11H11ClO2. The number of carboxylic acid groups (broad SMARTS) is 1. The Hall–Kier alpha value is -1.02. The van der Waals surface area contributed by atoms with Gasteiger partial charge in [-0.15, -0.1) is 0 Å². The van der Waals surface area contributed by atoms with Gasteiger partial charge in [0.1, 0.15) is 0 Å². The number of benzene rings is 1. The Bertz CT molecular complexity index is 387. The van der Waals surface area contributed by atoms with E-state index in [4.69, 9.17) is 16.7 Å². The van der Waals surface area contributed by atoms with Crippen molar-refractivity contribution in [2.45, 2.75) is 25.2 Å². The number of rotatable bonds is 1. The third-order valence-corrected chi connectivity index (χ3v) is 3.08. The van der Waals surface area contributed by atoms with Crippen LogP contribution >= 0.6 is 11.6 Å². The second-order valence-corrected chi connectivity index (χ2v) is 4.24. The minimum Gasteiger partial charge on any atom is -0.481 e. The minimum absolute atomic E-state index is 0.323. The van der Waals surface area contributed by atoms with Gasteiger partial charge in [0.15, 0.2) is 0 Å². The lowest BCUT2D eigenvalue weighted by atomic mass is 10.0. The van der Waals surface area contributed by atoms with E-state index in [1.807, 2.05) is 12.1 Å². The van der Waals surface area contributed by atoms with Crippen molar-refractivity contribution in [3.05, 3.63) is 34.3 Å². The summed E-state index contributed by atoms with van der Waals surface area (Å²) in [5, 5.41) is 9.64. The van der Waals surface area contributed by atoms with Crippen LogP contribution in [0.4, 0.5) is 0 Å². The molecule has 1 aliphatic carbocycles. The van der Waals surface area contributed by atoms with Crippen molar-refractivity contribution >= 4 is 17.6 Å². The van der Waals surface area contributed by atoms with E-state index in [0.29, 0.717) is 17.4 Å².